The lowest BCUT2D eigenvalue weighted by Gasteiger charge is -2.18. The van der Waals surface area contributed by atoms with E-state index >= 15 is 0 Å². The topological polar surface area (TPSA) is 78.9 Å². The fraction of sp³-hybridized carbons (Fsp3) is 0.849. The van der Waals surface area contributed by atoms with Crippen LogP contribution in [0.1, 0.15) is 380 Å². The molecule has 0 radical (unpaired) electrons. The average Bonchev–Trinajstić information content (AvgIpc) is 3.45. The zero-order chi connectivity index (χ0) is 57.1. The Balaban J connectivity index is 4.23. The maximum absolute atomic E-state index is 12.9. The largest absolute Gasteiger partial charge is 0.462 e. The summed E-state index contributed by atoms with van der Waals surface area (Å²) in [5, 5.41) is 0. The van der Waals surface area contributed by atoms with E-state index in [4.69, 9.17) is 14.2 Å². The normalized spacial score (nSPS) is 12.3. The second-order valence-electron chi connectivity index (χ2n) is 23.8. The lowest BCUT2D eigenvalue weighted by atomic mass is 10.0. The first-order valence-corrected chi connectivity index (χ1v) is 35.1. The third kappa shape index (κ3) is 66.1. The summed E-state index contributed by atoms with van der Waals surface area (Å²) < 4.78 is 17.0. The minimum absolute atomic E-state index is 0.0753. The molecule has 0 aromatic rings. The van der Waals surface area contributed by atoms with Gasteiger partial charge in [-0.15, -0.1) is 0 Å². The predicted molar refractivity (Wildman–Crippen MR) is 344 cm³/mol. The average molecular weight is 1110 g/mol. The van der Waals surface area contributed by atoms with Gasteiger partial charge in [-0.1, -0.05) is 307 Å². The van der Waals surface area contributed by atoms with Gasteiger partial charge in [0.05, 0.1) is 0 Å². The van der Waals surface area contributed by atoms with Crippen LogP contribution in [0.5, 0.6) is 0 Å². The molecule has 0 aromatic heterocycles. The van der Waals surface area contributed by atoms with E-state index in [0.29, 0.717) is 19.3 Å². The third-order valence-electron chi connectivity index (χ3n) is 15.8. The Kier molecular flexibility index (Phi) is 65.6. The molecule has 0 aliphatic carbocycles. The van der Waals surface area contributed by atoms with Gasteiger partial charge in [0.2, 0.25) is 0 Å². The van der Waals surface area contributed by atoms with Crippen LogP contribution in [0, 0.1) is 0 Å². The molecule has 0 amide bonds. The Morgan fingerprint density at radius 2 is 0.456 bits per heavy atom. The van der Waals surface area contributed by atoms with Crippen LogP contribution in [-0.4, -0.2) is 37.2 Å². The lowest BCUT2D eigenvalue weighted by Crippen LogP contribution is -2.30. The zero-order valence-corrected chi connectivity index (χ0v) is 53.2. The monoisotopic (exact) mass is 1110 g/mol. The number of hydrogen-bond acceptors (Lipinski definition) is 6. The van der Waals surface area contributed by atoms with Crippen molar-refractivity contribution in [2.45, 2.75) is 386 Å². The van der Waals surface area contributed by atoms with E-state index in [1.165, 1.54) is 263 Å². The zero-order valence-electron chi connectivity index (χ0n) is 53.2. The molecule has 0 aliphatic heterocycles. The molecule has 0 aromatic carbocycles. The summed E-state index contributed by atoms with van der Waals surface area (Å²) in [4.78, 5) is 38.4. The van der Waals surface area contributed by atoms with Gasteiger partial charge in [0.25, 0.3) is 0 Å². The Labute approximate surface area is 492 Å². The SMILES string of the molecule is CCCCCCC/C=C\C/C=C\CCCCCCCCCCCCCCCCCCCC(=O)OCC(COC(=O)CCCCCCC/C=C\CCCCCCCCC)OC(=O)CCCCCCC/C=C\CCCCCCCCC. The number of hydrogen-bond donors (Lipinski definition) is 0. The van der Waals surface area contributed by atoms with Crippen molar-refractivity contribution < 1.29 is 28.6 Å². The van der Waals surface area contributed by atoms with Gasteiger partial charge in [-0.25, -0.2) is 0 Å². The number of carbonyl (C=O) groups excluding carboxylic acids is 3. The van der Waals surface area contributed by atoms with Gasteiger partial charge in [-0.05, 0) is 103 Å². The Bertz CT molecular complexity index is 1360. The first-order chi connectivity index (χ1) is 39.0. The predicted octanol–water partition coefficient (Wildman–Crippen LogP) is 24.1. The number of ether oxygens (including phenoxy) is 3. The number of esters is 3. The third-order valence-corrected chi connectivity index (χ3v) is 15.8. The van der Waals surface area contributed by atoms with Crippen molar-refractivity contribution in [1.82, 2.24) is 0 Å². The summed E-state index contributed by atoms with van der Waals surface area (Å²) in [6.07, 6.45) is 85.7. The van der Waals surface area contributed by atoms with Gasteiger partial charge in [-0.2, -0.15) is 0 Å². The molecule has 6 nitrogen and oxygen atoms in total. The van der Waals surface area contributed by atoms with Crippen LogP contribution in [-0.2, 0) is 28.6 Å². The molecule has 1 unspecified atom stereocenters. The number of carbonyl (C=O) groups is 3. The molecule has 0 spiro atoms. The van der Waals surface area contributed by atoms with Crippen LogP contribution < -0.4 is 0 Å². The van der Waals surface area contributed by atoms with E-state index in [1.807, 2.05) is 0 Å². The maximum atomic E-state index is 12.9. The van der Waals surface area contributed by atoms with Crippen LogP contribution in [0.2, 0.25) is 0 Å². The molecule has 0 aliphatic rings. The van der Waals surface area contributed by atoms with Crippen LogP contribution in [0.15, 0.2) is 48.6 Å². The van der Waals surface area contributed by atoms with Crippen molar-refractivity contribution in [2.24, 2.45) is 0 Å². The summed E-state index contributed by atoms with van der Waals surface area (Å²) in [7, 11) is 0. The van der Waals surface area contributed by atoms with Crippen molar-refractivity contribution in [1.29, 1.82) is 0 Å². The molecule has 0 fully saturated rings. The van der Waals surface area contributed by atoms with Crippen LogP contribution in [0.25, 0.3) is 0 Å². The summed E-state index contributed by atoms with van der Waals surface area (Å²) in [5.74, 6) is -0.868. The summed E-state index contributed by atoms with van der Waals surface area (Å²) in [5.41, 5.74) is 0. The Morgan fingerprint density at radius 3 is 0.709 bits per heavy atom. The van der Waals surface area contributed by atoms with Gasteiger partial charge in [0, 0.05) is 19.3 Å². The Morgan fingerprint density at radius 1 is 0.253 bits per heavy atom. The molecule has 1 atom stereocenters. The summed E-state index contributed by atoms with van der Waals surface area (Å²) in [6, 6.07) is 0. The van der Waals surface area contributed by atoms with E-state index in [9.17, 15) is 14.4 Å². The van der Waals surface area contributed by atoms with Gasteiger partial charge in [-0.3, -0.25) is 14.4 Å². The van der Waals surface area contributed by atoms with Crippen molar-refractivity contribution in [3.63, 3.8) is 0 Å². The molecular formula is C73H134O6. The standard InChI is InChI=1S/C73H134O6/c1-4-7-10-13-16-19-22-25-28-31-32-33-34-35-36-37-38-39-40-41-42-43-46-48-51-54-57-60-63-66-72(75)78-69-70(79-73(76)67-64-61-58-55-52-49-45-30-27-24-21-18-15-12-9-6-3)68-77-71(74)65-62-59-56-53-50-47-44-29-26-23-20-17-14-11-8-5-2/h22,25,29-32,44-45,70H,4-21,23-24,26-28,33-43,46-69H2,1-3H3/b25-22-,32-31-,44-29-,45-30-. The highest BCUT2D eigenvalue weighted by molar-refractivity contribution is 5.71. The molecule has 0 saturated heterocycles. The number of rotatable bonds is 65. The molecule has 462 valence electrons. The van der Waals surface area contributed by atoms with Crippen molar-refractivity contribution in [2.75, 3.05) is 13.2 Å². The van der Waals surface area contributed by atoms with Crippen LogP contribution in [0.3, 0.4) is 0 Å². The lowest BCUT2D eigenvalue weighted by molar-refractivity contribution is -0.167. The molecular weight excluding hydrogens is 973 g/mol. The molecule has 0 bridgehead atoms. The molecule has 0 heterocycles. The fourth-order valence-corrected chi connectivity index (χ4v) is 10.5. The van der Waals surface area contributed by atoms with Crippen LogP contribution >= 0.6 is 0 Å². The highest BCUT2D eigenvalue weighted by atomic mass is 16.6. The highest BCUT2D eigenvalue weighted by Crippen LogP contribution is 2.18. The van der Waals surface area contributed by atoms with Crippen molar-refractivity contribution in [3.05, 3.63) is 48.6 Å². The molecule has 0 rings (SSSR count). The first-order valence-electron chi connectivity index (χ1n) is 35.1. The smallest absolute Gasteiger partial charge is 0.306 e. The van der Waals surface area contributed by atoms with E-state index in [-0.39, 0.29) is 31.1 Å². The molecule has 0 saturated carbocycles. The second kappa shape index (κ2) is 67.9. The first kappa shape index (κ1) is 76.4. The van der Waals surface area contributed by atoms with Gasteiger partial charge in [0.15, 0.2) is 6.10 Å². The van der Waals surface area contributed by atoms with E-state index in [0.717, 1.165) is 77.0 Å². The van der Waals surface area contributed by atoms with Gasteiger partial charge < -0.3 is 14.2 Å². The molecule has 79 heavy (non-hydrogen) atoms. The summed E-state index contributed by atoms with van der Waals surface area (Å²) in [6.45, 7) is 6.67. The fourth-order valence-electron chi connectivity index (χ4n) is 10.5. The van der Waals surface area contributed by atoms with Crippen molar-refractivity contribution in [3.8, 4) is 0 Å². The minimum atomic E-state index is -0.780. The van der Waals surface area contributed by atoms with Crippen molar-refractivity contribution >= 4 is 17.9 Å². The Hall–Kier alpha value is -2.63. The van der Waals surface area contributed by atoms with Gasteiger partial charge >= 0.3 is 17.9 Å². The van der Waals surface area contributed by atoms with Crippen LogP contribution in [0.4, 0.5) is 0 Å². The van der Waals surface area contributed by atoms with E-state index in [2.05, 4.69) is 69.4 Å². The van der Waals surface area contributed by atoms with Gasteiger partial charge in [0.1, 0.15) is 13.2 Å². The maximum Gasteiger partial charge on any atom is 0.306 e. The quantitative estimate of drug-likeness (QED) is 0.0261. The highest BCUT2D eigenvalue weighted by Gasteiger charge is 2.19. The number of allylic oxidation sites excluding steroid dienone is 8. The molecule has 0 N–H and O–H groups in total. The molecule has 6 heteroatoms. The summed E-state index contributed by atoms with van der Waals surface area (Å²) >= 11 is 0. The number of unbranched alkanes of at least 4 members (excludes halogenated alkanes) is 46. The minimum Gasteiger partial charge on any atom is -0.462 e. The van der Waals surface area contributed by atoms with E-state index in [1.54, 1.807) is 0 Å². The second-order valence-corrected chi connectivity index (χ2v) is 23.8. The van der Waals surface area contributed by atoms with E-state index < -0.39 is 6.10 Å².